The molecule has 0 aliphatic carbocycles. The summed E-state index contributed by atoms with van der Waals surface area (Å²) in [6, 6.07) is 5.69. The number of carbonyl (C=O) groups is 1. The van der Waals surface area contributed by atoms with E-state index in [1.165, 1.54) is 31.4 Å². The first-order valence-electron chi connectivity index (χ1n) is 4.98. The van der Waals surface area contributed by atoms with Crippen LogP contribution in [0.4, 0.5) is 4.39 Å². The van der Waals surface area contributed by atoms with Gasteiger partial charge in [-0.2, -0.15) is 0 Å². The maximum atomic E-state index is 12.7. The number of nitrogens with zero attached hydrogens (tertiary/aromatic N) is 2. The largest absolute Gasteiger partial charge is 0.468 e. The zero-order valence-electron chi connectivity index (χ0n) is 9.42. The number of hydrogen-bond acceptors (Lipinski definition) is 6. The topological polar surface area (TPSA) is 65.2 Å². The van der Waals surface area contributed by atoms with Gasteiger partial charge in [0.05, 0.1) is 7.11 Å². The predicted molar refractivity (Wildman–Crippen MR) is 62.4 cm³/mol. The fourth-order valence-electron chi connectivity index (χ4n) is 1.16. The number of rotatable bonds is 4. The summed E-state index contributed by atoms with van der Waals surface area (Å²) in [5, 5.41) is 7.84. The van der Waals surface area contributed by atoms with Crippen molar-refractivity contribution in [1.29, 1.82) is 0 Å². The van der Waals surface area contributed by atoms with Gasteiger partial charge in [0.2, 0.25) is 5.89 Å². The molecule has 0 saturated heterocycles. The number of carbonyl (C=O) groups excluding carboxylic acids is 1. The molecule has 0 bridgehead atoms. The van der Waals surface area contributed by atoms with Gasteiger partial charge in [0, 0.05) is 5.56 Å². The Labute approximate surface area is 106 Å². The Balaban J connectivity index is 2.06. The van der Waals surface area contributed by atoms with Gasteiger partial charge in [-0.1, -0.05) is 11.8 Å². The molecule has 94 valence electrons. The van der Waals surface area contributed by atoms with Crippen LogP contribution < -0.4 is 0 Å². The van der Waals surface area contributed by atoms with Gasteiger partial charge in [-0.05, 0) is 24.3 Å². The lowest BCUT2D eigenvalue weighted by atomic mass is 10.2. The fraction of sp³-hybridized carbons (Fsp3) is 0.182. The molecule has 1 aromatic carbocycles. The number of hydrogen-bond donors (Lipinski definition) is 0. The highest BCUT2D eigenvalue weighted by molar-refractivity contribution is 7.99. The van der Waals surface area contributed by atoms with E-state index in [0.29, 0.717) is 5.56 Å². The number of halogens is 1. The maximum Gasteiger partial charge on any atom is 0.316 e. The first kappa shape index (κ1) is 12.6. The molecule has 0 saturated carbocycles. The van der Waals surface area contributed by atoms with Crippen LogP contribution in [0, 0.1) is 5.82 Å². The highest BCUT2D eigenvalue weighted by Crippen LogP contribution is 2.23. The van der Waals surface area contributed by atoms with Gasteiger partial charge in [0.1, 0.15) is 11.6 Å². The first-order valence-corrected chi connectivity index (χ1v) is 5.96. The second kappa shape index (κ2) is 5.63. The van der Waals surface area contributed by atoms with E-state index < -0.39 is 0 Å². The third-order valence-corrected chi connectivity index (χ3v) is 2.83. The first-order chi connectivity index (χ1) is 8.69. The van der Waals surface area contributed by atoms with E-state index in [4.69, 9.17) is 4.42 Å². The van der Waals surface area contributed by atoms with Gasteiger partial charge in [0.15, 0.2) is 0 Å². The Hall–Kier alpha value is -1.89. The molecule has 2 rings (SSSR count). The summed E-state index contributed by atoms with van der Waals surface area (Å²) in [5.74, 6) is -0.330. The zero-order valence-corrected chi connectivity index (χ0v) is 10.2. The van der Waals surface area contributed by atoms with Gasteiger partial charge < -0.3 is 9.15 Å². The van der Waals surface area contributed by atoms with Crippen LogP contribution in [0.3, 0.4) is 0 Å². The molecule has 5 nitrogen and oxygen atoms in total. The minimum absolute atomic E-state index is 0.0988. The van der Waals surface area contributed by atoms with Crippen LogP contribution in [0.25, 0.3) is 11.5 Å². The summed E-state index contributed by atoms with van der Waals surface area (Å²) in [4.78, 5) is 10.9. The fourth-order valence-corrected chi connectivity index (χ4v) is 1.75. The van der Waals surface area contributed by atoms with E-state index in [1.54, 1.807) is 0 Å². The molecule has 1 heterocycles. The maximum absolute atomic E-state index is 12.7. The lowest BCUT2D eigenvalue weighted by Crippen LogP contribution is -2.02. The molecule has 7 heteroatoms. The van der Waals surface area contributed by atoms with E-state index in [-0.39, 0.29) is 28.7 Å². The molecule has 0 aliphatic rings. The van der Waals surface area contributed by atoms with Gasteiger partial charge >= 0.3 is 5.97 Å². The number of ether oxygens (including phenoxy) is 1. The SMILES string of the molecule is COC(=O)CSc1nnc(-c2ccc(F)cc2)o1. The van der Waals surface area contributed by atoms with Crippen molar-refractivity contribution in [3.8, 4) is 11.5 Å². The second-order valence-electron chi connectivity index (χ2n) is 3.24. The summed E-state index contributed by atoms with van der Waals surface area (Å²) < 4.78 is 22.5. The van der Waals surface area contributed by atoms with Crippen LogP contribution in [-0.2, 0) is 9.53 Å². The van der Waals surface area contributed by atoms with E-state index in [0.717, 1.165) is 11.8 Å². The third kappa shape index (κ3) is 3.07. The number of aromatic nitrogens is 2. The standard InChI is InChI=1S/C11H9FN2O3S/c1-16-9(15)6-18-11-14-13-10(17-11)7-2-4-8(12)5-3-7/h2-5H,6H2,1H3. The molecular weight excluding hydrogens is 259 g/mol. The predicted octanol–water partition coefficient (Wildman–Crippen LogP) is 2.14. The van der Waals surface area contributed by atoms with Crippen molar-refractivity contribution in [2.45, 2.75) is 5.22 Å². The monoisotopic (exact) mass is 268 g/mol. The Morgan fingerprint density at radius 1 is 1.39 bits per heavy atom. The Kier molecular flexibility index (Phi) is 3.93. The van der Waals surface area contributed by atoms with Crippen molar-refractivity contribution in [2.75, 3.05) is 12.9 Å². The number of esters is 1. The summed E-state index contributed by atoms with van der Waals surface area (Å²) in [6.45, 7) is 0. The molecule has 0 atom stereocenters. The highest BCUT2D eigenvalue weighted by atomic mass is 32.2. The van der Waals surface area contributed by atoms with E-state index in [1.807, 2.05) is 0 Å². The van der Waals surface area contributed by atoms with Crippen molar-refractivity contribution in [3.05, 3.63) is 30.1 Å². The van der Waals surface area contributed by atoms with Gasteiger partial charge in [-0.25, -0.2) is 4.39 Å². The average Bonchev–Trinajstić information content (AvgIpc) is 2.85. The van der Waals surface area contributed by atoms with Crippen molar-refractivity contribution < 1.29 is 18.3 Å². The summed E-state index contributed by atoms with van der Waals surface area (Å²) in [5.41, 5.74) is 0.619. The number of benzene rings is 1. The Morgan fingerprint density at radius 2 is 2.11 bits per heavy atom. The molecule has 0 fully saturated rings. The van der Waals surface area contributed by atoms with Crippen molar-refractivity contribution in [1.82, 2.24) is 10.2 Å². The molecule has 0 N–H and O–H groups in total. The van der Waals surface area contributed by atoms with Gasteiger partial charge in [-0.3, -0.25) is 4.79 Å². The lowest BCUT2D eigenvalue weighted by molar-refractivity contribution is -0.137. The Morgan fingerprint density at radius 3 is 2.78 bits per heavy atom. The van der Waals surface area contributed by atoms with E-state index in [2.05, 4.69) is 14.9 Å². The molecule has 0 unspecified atom stereocenters. The summed E-state index contributed by atoms with van der Waals surface area (Å²) in [7, 11) is 1.31. The van der Waals surface area contributed by atoms with Gasteiger partial charge in [-0.15, -0.1) is 10.2 Å². The highest BCUT2D eigenvalue weighted by Gasteiger charge is 2.11. The minimum Gasteiger partial charge on any atom is -0.468 e. The van der Waals surface area contributed by atoms with E-state index in [9.17, 15) is 9.18 Å². The molecule has 0 amide bonds. The number of methoxy groups -OCH3 is 1. The van der Waals surface area contributed by atoms with Crippen LogP contribution in [-0.4, -0.2) is 29.0 Å². The normalized spacial score (nSPS) is 10.3. The molecule has 0 spiro atoms. The van der Waals surface area contributed by atoms with Crippen LogP contribution in [0.5, 0.6) is 0 Å². The Bertz CT molecular complexity index is 541. The van der Waals surface area contributed by atoms with Crippen LogP contribution in [0.1, 0.15) is 0 Å². The van der Waals surface area contributed by atoms with Crippen LogP contribution >= 0.6 is 11.8 Å². The van der Waals surface area contributed by atoms with Crippen LogP contribution in [0.15, 0.2) is 33.9 Å². The third-order valence-electron chi connectivity index (χ3n) is 2.04. The van der Waals surface area contributed by atoms with Crippen molar-refractivity contribution >= 4 is 17.7 Å². The lowest BCUT2D eigenvalue weighted by Gasteiger charge is -1.95. The van der Waals surface area contributed by atoms with Crippen molar-refractivity contribution in [2.24, 2.45) is 0 Å². The van der Waals surface area contributed by atoms with Crippen molar-refractivity contribution in [3.63, 3.8) is 0 Å². The summed E-state index contributed by atoms with van der Waals surface area (Å²) in [6.07, 6.45) is 0. The minimum atomic E-state index is -0.374. The van der Waals surface area contributed by atoms with Crippen LogP contribution in [0.2, 0.25) is 0 Å². The zero-order chi connectivity index (χ0) is 13.0. The second-order valence-corrected chi connectivity index (χ2v) is 4.17. The molecule has 1 aromatic heterocycles. The molecular formula is C11H9FN2O3S. The smallest absolute Gasteiger partial charge is 0.316 e. The molecule has 0 aliphatic heterocycles. The molecule has 2 aromatic rings. The van der Waals surface area contributed by atoms with E-state index >= 15 is 0 Å². The average molecular weight is 268 g/mol. The molecule has 18 heavy (non-hydrogen) atoms. The molecule has 0 radical (unpaired) electrons. The summed E-state index contributed by atoms with van der Waals surface area (Å²) >= 11 is 1.08. The quantitative estimate of drug-likeness (QED) is 0.625. The van der Waals surface area contributed by atoms with Gasteiger partial charge in [0.25, 0.3) is 5.22 Å². The number of thioether (sulfide) groups is 1.